The van der Waals surface area contributed by atoms with Crippen molar-refractivity contribution in [3.05, 3.63) is 252 Å². The van der Waals surface area contributed by atoms with Crippen molar-refractivity contribution in [2.24, 2.45) is 0 Å². The van der Waals surface area contributed by atoms with E-state index in [1.165, 1.54) is 22.3 Å². The first-order valence-corrected chi connectivity index (χ1v) is 19.9. The van der Waals surface area contributed by atoms with Crippen molar-refractivity contribution in [1.82, 2.24) is 0 Å². The third-order valence-corrected chi connectivity index (χ3v) is 10.9. The number of aryl methyl sites for hydroxylation is 4. The van der Waals surface area contributed by atoms with Gasteiger partial charge in [0.05, 0.1) is 0 Å². The first kappa shape index (κ1) is 37.7. The van der Waals surface area contributed by atoms with E-state index in [9.17, 15) is 0 Å². The van der Waals surface area contributed by atoms with Crippen LogP contribution in [0.4, 0.5) is 34.1 Å². The summed E-state index contributed by atoms with van der Waals surface area (Å²) >= 11 is 0. The van der Waals surface area contributed by atoms with Crippen LogP contribution in [0.5, 0.6) is 0 Å². The van der Waals surface area contributed by atoms with Gasteiger partial charge in [0.15, 0.2) is 0 Å². The van der Waals surface area contributed by atoms with Crippen LogP contribution in [0.1, 0.15) is 44.5 Å². The van der Waals surface area contributed by atoms with E-state index in [0.717, 1.165) is 78.7 Å². The highest BCUT2D eigenvalue weighted by Crippen LogP contribution is 2.38. The molecule has 0 bridgehead atoms. The molecule has 0 amide bonds. The average molecular weight is 749 g/mol. The second-order valence-corrected chi connectivity index (χ2v) is 15.2. The lowest BCUT2D eigenvalue weighted by molar-refractivity contribution is 1.27. The molecule has 0 heterocycles. The number of hydrogen-bond acceptors (Lipinski definition) is 2. The zero-order valence-electron chi connectivity index (χ0n) is 33.8. The molecule has 2 heteroatoms. The Balaban J connectivity index is 0.956. The smallest absolute Gasteiger partial charge is 0.0462 e. The summed E-state index contributed by atoms with van der Waals surface area (Å²) < 4.78 is 0. The largest absolute Gasteiger partial charge is 0.311 e. The van der Waals surface area contributed by atoms with Crippen molar-refractivity contribution in [3.8, 4) is 11.1 Å². The second-order valence-electron chi connectivity index (χ2n) is 15.2. The van der Waals surface area contributed by atoms with E-state index in [1.807, 2.05) is 0 Å². The van der Waals surface area contributed by atoms with Gasteiger partial charge >= 0.3 is 0 Å². The number of anilines is 6. The molecular weight excluding hydrogens is 701 g/mol. The Labute approximate surface area is 344 Å². The topological polar surface area (TPSA) is 6.48 Å². The average Bonchev–Trinajstić information content (AvgIpc) is 3.26. The van der Waals surface area contributed by atoms with Crippen molar-refractivity contribution >= 4 is 45.3 Å². The van der Waals surface area contributed by atoms with Crippen LogP contribution in [0.25, 0.3) is 22.3 Å². The molecule has 0 saturated heterocycles. The SMILES string of the molecule is C=C(c1ccc(-c2ccc(C(=C)c3ccc(N(c4ccc(C)cc4)c4ccc(C)cc4)cc3)cc2)cc1)c1ccc(N(c2ccc(C)cc2)c2ccc(C)cc2)cc1. The lowest BCUT2D eigenvalue weighted by atomic mass is 9.94. The van der Waals surface area contributed by atoms with Crippen LogP contribution in [-0.4, -0.2) is 0 Å². The van der Waals surface area contributed by atoms with Gasteiger partial charge in [-0.3, -0.25) is 0 Å². The van der Waals surface area contributed by atoms with Gasteiger partial charge in [-0.15, -0.1) is 0 Å². The van der Waals surface area contributed by atoms with Gasteiger partial charge in [-0.05, 0) is 145 Å². The van der Waals surface area contributed by atoms with E-state index >= 15 is 0 Å². The Hall–Kier alpha value is -7.16. The quantitative estimate of drug-likeness (QED) is 0.130. The van der Waals surface area contributed by atoms with E-state index in [1.54, 1.807) is 0 Å². The van der Waals surface area contributed by atoms with Gasteiger partial charge in [-0.25, -0.2) is 0 Å². The summed E-state index contributed by atoms with van der Waals surface area (Å²) in [5.41, 5.74) is 20.4. The third-order valence-electron chi connectivity index (χ3n) is 10.9. The number of hydrogen-bond donors (Lipinski definition) is 0. The maximum Gasteiger partial charge on any atom is 0.0462 e. The van der Waals surface area contributed by atoms with Crippen LogP contribution in [0.3, 0.4) is 0 Å². The van der Waals surface area contributed by atoms with Gasteiger partial charge in [0.25, 0.3) is 0 Å². The molecule has 282 valence electrons. The summed E-state index contributed by atoms with van der Waals surface area (Å²) in [4.78, 5) is 4.59. The predicted molar refractivity (Wildman–Crippen MR) is 249 cm³/mol. The van der Waals surface area contributed by atoms with E-state index in [0.29, 0.717) is 0 Å². The molecule has 0 aliphatic heterocycles. The summed E-state index contributed by atoms with van der Waals surface area (Å²) in [7, 11) is 0. The minimum atomic E-state index is 0.994. The molecule has 0 aromatic heterocycles. The molecule has 2 nitrogen and oxygen atoms in total. The van der Waals surface area contributed by atoms with Crippen molar-refractivity contribution in [2.75, 3.05) is 9.80 Å². The molecule has 0 spiro atoms. The fourth-order valence-electron chi connectivity index (χ4n) is 7.35. The summed E-state index contributed by atoms with van der Waals surface area (Å²) in [6.45, 7) is 17.5. The van der Waals surface area contributed by atoms with Crippen LogP contribution in [-0.2, 0) is 0 Å². The van der Waals surface area contributed by atoms with Crippen molar-refractivity contribution in [3.63, 3.8) is 0 Å². The molecule has 0 saturated carbocycles. The maximum atomic E-state index is 4.49. The molecule has 0 radical (unpaired) electrons. The zero-order valence-corrected chi connectivity index (χ0v) is 33.8. The first-order valence-electron chi connectivity index (χ1n) is 19.9. The molecular formula is C56H48N2. The summed E-state index contributed by atoms with van der Waals surface area (Å²) in [5.74, 6) is 0. The van der Waals surface area contributed by atoms with Crippen molar-refractivity contribution in [2.45, 2.75) is 27.7 Å². The van der Waals surface area contributed by atoms with E-state index in [-0.39, 0.29) is 0 Å². The maximum absolute atomic E-state index is 4.49. The molecule has 8 aromatic carbocycles. The van der Waals surface area contributed by atoms with Gasteiger partial charge in [-0.1, -0.05) is 157 Å². The van der Waals surface area contributed by atoms with Gasteiger partial charge in [-0.2, -0.15) is 0 Å². The molecule has 8 aromatic rings. The summed E-state index contributed by atoms with van der Waals surface area (Å²) in [6, 6.07) is 69.6. The van der Waals surface area contributed by atoms with E-state index in [4.69, 9.17) is 0 Å². The van der Waals surface area contributed by atoms with Crippen LogP contribution < -0.4 is 9.80 Å². The molecule has 0 unspecified atom stereocenters. The number of nitrogens with zero attached hydrogens (tertiary/aromatic N) is 2. The molecule has 0 aliphatic rings. The second kappa shape index (κ2) is 16.5. The van der Waals surface area contributed by atoms with Crippen LogP contribution >= 0.6 is 0 Å². The molecule has 0 aliphatic carbocycles. The van der Waals surface area contributed by atoms with Crippen LogP contribution in [0.15, 0.2) is 207 Å². The Kier molecular flexibility index (Phi) is 10.7. The van der Waals surface area contributed by atoms with E-state index < -0.39 is 0 Å². The lowest BCUT2D eigenvalue weighted by Gasteiger charge is -2.26. The first-order chi connectivity index (χ1) is 28.2. The molecule has 0 atom stereocenters. The molecule has 0 N–H and O–H groups in total. The fourth-order valence-corrected chi connectivity index (χ4v) is 7.35. The number of rotatable bonds is 11. The minimum Gasteiger partial charge on any atom is -0.311 e. The normalized spacial score (nSPS) is 10.9. The highest BCUT2D eigenvalue weighted by Gasteiger charge is 2.15. The number of benzene rings is 8. The predicted octanol–water partition coefficient (Wildman–Crippen LogP) is 15.6. The van der Waals surface area contributed by atoms with E-state index in [2.05, 4.69) is 245 Å². The van der Waals surface area contributed by atoms with Gasteiger partial charge in [0, 0.05) is 34.1 Å². The molecule has 58 heavy (non-hydrogen) atoms. The van der Waals surface area contributed by atoms with Gasteiger partial charge in [0.1, 0.15) is 0 Å². The highest BCUT2D eigenvalue weighted by atomic mass is 15.1. The van der Waals surface area contributed by atoms with Crippen molar-refractivity contribution < 1.29 is 0 Å². The van der Waals surface area contributed by atoms with Crippen LogP contribution in [0.2, 0.25) is 0 Å². The standard InChI is InChI=1S/C56H48N2/c1-39-7-27-51(28-8-39)57(52-29-9-40(2)10-30-52)55-35-23-47(24-36-55)43(5)45-15-19-49(20-16-45)50-21-17-46(18-22-50)44(6)48-25-37-56(38-26-48)58(53-31-11-41(3)12-32-53)54-33-13-42(4)14-34-54/h7-38H,5-6H2,1-4H3. The fraction of sp³-hybridized carbons (Fsp3) is 0.0714. The summed E-state index contributed by atoms with van der Waals surface area (Å²) in [5, 5.41) is 0. The monoisotopic (exact) mass is 748 g/mol. The highest BCUT2D eigenvalue weighted by molar-refractivity contribution is 5.84. The Morgan fingerprint density at radius 2 is 0.431 bits per heavy atom. The molecule has 0 fully saturated rings. The Morgan fingerprint density at radius 1 is 0.259 bits per heavy atom. The van der Waals surface area contributed by atoms with Gasteiger partial charge in [0.2, 0.25) is 0 Å². The lowest BCUT2D eigenvalue weighted by Crippen LogP contribution is -2.10. The Bertz CT molecular complexity index is 2370. The Morgan fingerprint density at radius 3 is 0.638 bits per heavy atom. The minimum absolute atomic E-state index is 0.994. The summed E-state index contributed by atoms with van der Waals surface area (Å²) in [6.07, 6.45) is 0. The van der Waals surface area contributed by atoms with Crippen molar-refractivity contribution in [1.29, 1.82) is 0 Å². The molecule has 8 rings (SSSR count). The van der Waals surface area contributed by atoms with Crippen LogP contribution in [0, 0.1) is 27.7 Å². The zero-order chi connectivity index (χ0) is 40.2. The third kappa shape index (κ3) is 8.19. The van der Waals surface area contributed by atoms with Gasteiger partial charge < -0.3 is 9.80 Å².